The van der Waals surface area contributed by atoms with E-state index >= 15 is 0 Å². The Kier molecular flexibility index (Phi) is 9.70. The number of aliphatic hydroxyl groups is 3. The summed E-state index contributed by atoms with van der Waals surface area (Å²) in [5.74, 6) is -0.164. The quantitative estimate of drug-likeness (QED) is 0.114. The normalized spacial score (nSPS) is 25.5. The molecule has 0 amide bonds. The molecule has 1 saturated heterocycles. The summed E-state index contributed by atoms with van der Waals surface area (Å²) in [6.45, 7) is -0.740. The topological polar surface area (TPSA) is 186 Å². The summed E-state index contributed by atoms with van der Waals surface area (Å²) in [4.78, 5) is 0. The third-order valence-corrected chi connectivity index (χ3v) is 5.04. The number of phenols is 2. The van der Waals surface area contributed by atoms with Crippen LogP contribution in [0.15, 0.2) is 42.5 Å². The van der Waals surface area contributed by atoms with E-state index in [4.69, 9.17) is 9.47 Å². The van der Waals surface area contributed by atoms with Crippen LogP contribution in [0.3, 0.4) is 0 Å². The summed E-state index contributed by atoms with van der Waals surface area (Å²) in [5, 5.41) is 48.8. The minimum Gasteiger partial charge on any atom is -0.726 e. The van der Waals surface area contributed by atoms with Crippen molar-refractivity contribution in [1.29, 1.82) is 0 Å². The summed E-state index contributed by atoms with van der Waals surface area (Å²) < 4.78 is 48.2. The van der Waals surface area contributed by atoms with Crippen LogP contribution in [0.5, 0.6) is 17.2 Å². The van der Waals surface area contributed by atoms with Gasteiger partial charge in [0.1, 0.15) is 35.6 Å². The van der Waals surface area contributed by atoms with Crippen molar-refractivity contribution in [2.24, 2.45) is 0 Å². The number of hydrogen-bond donors (Lipinski definition) is 5. The predicted octanol–water partition coefficient (Wildman–Crippen LogP) is -3.06. The number of benzene rings is 2. The maximum absolute atomic E-state index is 11.1. The van der Waals surface area contributed by atoms with Crippen LogP contribution in [0, 0.1) is 0 Å². The molecule has 0 bridgehead atoms. The van der Waals surface area contributed by atoms with Gasteiger partial charge in [0.2, 0.25) is 16.7 Å². The standard InChI is InChI=1S/C20H22O11S.Na/c21-10-16-17(24)18(25)19(31-32(26,27)28)20(30-16)29-15-8-12(7-14(23)9-15)2-1-11-3-5-13(22)6-4-11;/h1-9,16-25H,10H2,(H,26,27,28);/q;+1/p-1/b2-1-;/t16-,17-,18+,19-,20-;/m1./s1. The Morgan fingerprint density at radius 1 is 0.970 bits per heavy atom. The number of rotatable bonds is 7. The largest absolute Gasteiger partial charge is 1.00 e. The van der Waals surface area contributed by atoms with Crippen LogP contribution >= 0.6 is 0 Å². The Bertz CT molecular complexity index is 1060. The Morgan fingerprint density at radius 2 is 1.61 bits per heavy atom. The van der Waals surface area contributed by atoms with Gasteiger partial charge in [0.15, 0.2) is 6.10 Å². The monoisotopic (exact) mass is 492 g/mol. The number of ether oxygens (including phenoxy) is 2. The van der Waals surface area contributed by atoms with E-state index in [-0.39, 0.29) is 46.8 Å². The molecule has 2 aromatic carbocycles. The zero-order valence-electron chi connectivity index (χ0n) is 17.4. The van der Waals surface area contributed by atoms with Gasteiger partial charge in [-0.3, -0.25) is 4.18 Å². The first kappa shape index (κ1) is 27.5. The SMILES string of the molecule is O=S(=O)([O-])O[C@H]1[C@H](Oc2cc(O)cc(/C=C\c3ccc(O)cc3)c2)O[C@H](CO)[C@@H](O)[C@@H]1O.[Na+]. The maximum Gasteiger partial charge on any atom is 1.00 e. The van der Waals surface area contributed by atoms with Gasteiger partial charge < -0.3 is 39.6 Å². The molecule has 2 aromatic rings. The minimum absolute atomic E-state index is 0. The molecule has 0 unspecified atom stereocenters. The summed E-state index contributed by atoms with van der Waals surface area (Å²) in [6.07, 6.45) is -5.38. The molecule has 0 aromatic heterocycles. The van der Waals surface area contributed by atoms with E-state index in [1.807, 2.05) is 0 Å². The van der Waals surface area contributed by atoms with Crippen LogP contribution in [0.4, 0.5) is 0 Å². The van der Waals surface area contributed by atoms with Crippen molar-refractivity contribution in [1.82, 2.24) is 0 Å². The Morgan fingerprint density at radius 3 is 2.21 bits per heavy atom. The van der Waals surface area contributed by atoms with Gasteiger partial charge in [0, 0.05) is 6.07 Å². The molecule has 174 valence electrons. The first-order valence-electron chi connectivity index (χ1n) is 9.30. The zero-order valence-corrected chi connectivity index (χ0v) is 20.2. The molecule has 5 N–H and O–H groups in total. The van der Waals surface area contributed by atoms with Gasteiger partial charge in [-0.1, -0.05) is 24.3 Å². The first-order chi connectivity index (χ1) is 15.1. The molecule has 11 nitrogen and oxygen atoms in total. The van der Waals surface area contributed by atoms with E-state index in [2.05, 4.69) is 4.18 Å². The van der Waals surface area contributed by atoms with Gasteiger partial charge in [-0.2, -0.15) is 0 Å². The average molecular weight is 492 g/mol. The van der Waals surface area contributed by atoms with Crippen LogP contribution in [-0.2, 0) is 19.3 Å². The van der Waals surface area contributed by atoms with Crippen LogP contribution in [0.25, 0.3) is 12.2 Å². The van der Waals surface area contributed by atoms with Gasteiger partial charge in [-0.25, -0.2) is 8.42 Å². The number of hydrogen-bond acceptors (Lipinski definition) is 11. The molecule has 13 heteroatoms. The number of phenolic OH excluding ortho intramolecular Hbond substituents is 2. The molecule has 1 aliphatic rings. The van der Waals surface area contributed by atoms with Crippen molar-refractivity contribution in [3.63, 3.8) is 0 Å². The Labute approximate surface area is 211 Å². The van der Waals surface area contributed by atoms with Crippen LogP contribution in [0.2, 0.25) is 0 Å². The van der Waals surface area contributed by atoms with Crippen molar-refractivity contribution in [3.8, 4) is 17.2 Å². The van der Waals surface area contributed by atoms with Crippen molar-refractivity contribution < 1.29 is 81.7 Å². The molecule has 1 fully saturated rings. The number of aliphatic hydroxyl groups excluding tert-OH is 3. The first-order valence-corrected chi connectivity index (χ1v) is 10.6. The van der Waals surface area contributed by atoms with Crippen molar-refractivity contribution in [2.75, 3.05) is 6.61 Å². The van der Waals surface area contributed by atoms with Gasteiger partial charge in [-0.15, -0.1) is 0 Å². The Balaban J connectivity index is 0.00000385. The predicted molar refractivity (Wildman–Crippen MR) is 108 cm³/mol. The second-order valence-corrected chi connectivity index (χ2v) is 7.99. The van der Waals surface area contributed by atoms with Gasteiger partial charge >= 0.3 is 29.6 Å². The summed E-state index contributed by atoms with van der Waals surface area (Å²) >= 11 is 0. The molecular formula is C20H21NaO11S. The van der Waals surface area contributed by atoms with Gasteiger partial charge in [0.25, 0.3) is 0 Å². The molecule has 0 saturated carbocycles. The third kappa shape index (κ3) is 7.65. The van der Waals surface area contributed by atoms with E-state index in [1.54, 1.807) is 24.3 Å². The molecule has 0 aliphatic carbocycles. The molecule has 33 heavy (non-hydrogen) atoms. The number of aromatic hydroxyl groups is 2. The maximum atomic E-state index is 11.1. The average Bonchev–Trinajstić information content (AvgIpc) is 2.72. The molecule has 0 radical (unpaired) electrons. The fourth-order valence-electron chi connectivity index (χ4n) is 3.07. The fraction of sp³-hybridized carbons (Fsp3) is 0.300. The molecule has 1 heterocycles. The smallest absolute Gasteiger partial charge is 0.726 e. The molecule has 1 aliphatic heterocycles. The zero-order chi connectivity index (χ0) is 23.5. The van der Waals surface area contributed by atoms with Crippen molar-refractivity contribution in [3.05, 3.63) is 53.6 Å². The molecule has 5 atom stereocenters. The van der Waals surface area contributed by atoms with Gasteiger partial charge in [0.05, 0.1) is 6.61 Å². The third-order valence-electron chi connectivity index (χ3n) is 4.58. The van der Waals surface area contributed by atoms with Crippen LogP contribution < -0.4 is 34.3 Å². The molecule has 3 rings (SSSR count). The molecule has 0 spiro atoms. The summed E-state index contributed by atoms with van der Waals surface area (Å²) in [5.41, 5.74) is 1.21. The van der Waals surface area contributed by atoms with E-state index < -0.39 is 47.7 Å². The van der Waals surface area contributed by atoms with E-state index in [0.717, 1.165) is 11.6 Å². The van der Waals surface area contributed by atoms with Crippen LogP contribution in [0.1, 0.15) is 11.1 Å². The van der Waals surface area contributed by atoms with Crippen LogP contribution in [-0.4, -0.2) is 75.8 Å². The summed E-state index contributed by atoms with van der Waals surface area (Å²) in [6, 6.07) is 10.3. The fourth-order valence-corrected chi connectivity index (χ4v) is 3.55. The van der Waals surface area contributed by atoms with Gasteiger partial charge in [-0.05, 0) is 35.4 Å². The van der Waals surface area contributed by atoms with Crippen molar-refractivity contribution in [2.45, 2.75) is 30.7 Å². The second-order valence-electron chi connectivity index (χ2n) is 6.98. The second kappa shape index (κ2) is 11.6. The van der Waals surface area contributed by atoms with E-state index in [9.17, 15) is 38.5 Å². The van der Waals surface area contributed by atoms with E-state index in [1.165, 1.54) is 24.3 Å². The van der Waals surface area contributed by atoms with E-state index in [0.29, 0.717) is 5.56 Å². The summed E-state index contributed by atoms with van der Waals surface area (Å²) in [7, 11) is -5.31. The minimum atomic E-state index is -5.31. The van der Waals surface area contributed by atoms with Crippen molar-refractivity contribution >= 4 is 22.6 Å². The Hall–Kier alpha value is -1.71. The molecular weight excluding hydrogens is 471 g/mol.